The SMILES string of the molecule is CC[C](C)c1cc(F)ccc1Cl. The molecule has 65 valence electrons. The van der Waals surface area contributed by atoms with Crippen molar-refractivity contribution in [3.05, 3.63) is 40.5 Å². The summed E-state index contributed by atoms with van der Waals surface area (Å²) in [5.74, 6) is 0.877. The Morgan fingerprint density at radius 3 is 2.75 bits per heavy atom. The topological polar surface area (TPSA) is 0 Å². The second kappa shape index (κ2) is 3.90. The van der Waals surface area contributed by atoms with Crippen LogP contribution >= 0.6 is 11.6 Å². The zero-order valence-electron chi connectivity index (χ0n) is 7.20. The van der Waals surface area contributed by atoms with Crippen LogP contribution in [0.2, 0.25) is 5.02 Å². The molecule has 0 saturated heterocycles. The Labute approximate surface area is 77.4 Å². The van der Waals surface area contributed by atoms with Gasteiger partial charge in [0, 0.05) is 10.9 Å². The molecule has 1 radical (unpaired) electrons. The van der Waals surface area contributed by atoms with Crippen LogP contribution in [0.15, 0.2) is 18.2 Å². The highest BCUT2D eigenvalue weighted by molar-refractivity contribution is 6.31. The third-order valence-electron chi connectivity index (χ3n) is 1.92. The lowest BCUT2D eigenvalue weighted by Gasteiger charge is -2.09. The van der Waals surface area contributed by atoms with Gasteiger partial charge in [0.15, 0.2) is 0 Å². The van der Waals surface area contributed by atoms with E-state index in [0.29, 0.717) is 5.02 Å². The van der Waals surface area contributed by atoms with Crippen LogP contribution in [-0.2, 0) is 0 Å². The standard InChI is InChI=1S/C10H11ClF/c1-3-7(2)9-6-8(12)4-5-10(9)11/h4-6H,3H2,1-2H3. The first-order chi connectivity index (χ1) is 5.65. The lowest BCUT2D eigenvalue weighted by Crippen LogP contribution is -1.94. The van der Waals surface area contributed by atoms with Gasteiger partial charge < -0.3 is 0 Å². The first-order valence-electron chi connectivity index (χ1n) is 3.93. The molecule has 0 spiro atoms. The van der Waals surface area contributed by atoms with Gasteiger partial charge in [0.25, 0.3) is 0 Å². The van der Waals surface area contributed by atoms with Crippen molar-refractivity contribution in [3.8, 4) is 0 Å². The van der Waals surface area contributed by atoms with E-state index in [0.717, 1.165) is 17.9 Å². The molecule has 0 aliphatic carbocycles. The van der Waals surface area contributed by atoms with E-state index in [-0.39, 0.29) is 5.82 Å². The second-order valence-corrected chi connectivity index (χ2v) is 3.17. The van der Waals surface area contributed by atoms with Crippen molar-refractivity contribution in [2.75, 3.05) is 0 Å². The molecule has 0 atom stereocenters. The van der Waals surface area contributed by atoms with Crippen molar-refractivity contribution in [1.29, 1.82) is 0 Å². The molecule has 0 amide bonds. The predicted octanol–water partition coefficient (Wildman–Crippen LogP) is 3.83. The van der Waals surface area contributed by atoms with Gasteiger partial charge in [0.05, 0.1) is 0 Å². The maximum atomic E-state index is 12.8. The van der Waals surface area contributed by atoms with Crippen LogP contribution in [-0.4, -0.2) is 0 Å². The Hall–Kier alpha value is -0.560. The first-order valence-corrected chi connectivity index (χ1v) is 4.30. The van der Waals surface area contributed by atoms with Crippen molar-refractivity contribution in [2.24, 2.45) is 0 Å². The molecule has 0 N–H and O–H groups in total. The summed E-state index contributed by atoms with van der Waals surface area (Å²) in [6, 6.07) is 4.43. The van der Waals surface area contributed by atoms with Gasteiger partial charge in [0.2, 0.25) is 0 Å². The van der Waals surface area contributed by atoms with E-state index < -0.39 is 0 Å². The minimum absolute atomic E-state index is 0.234. The molecule has 0 aromatic heterocycles. The number of rotatable bonds is 2. The maximum absolute atomic E-state index is 12.8. The molecular weight excluding hydrogens is 175 g/mol. The highest BCUT2D eigenvalue weighted by Gasteiger charge is 2.08. The highest BCUT2D eigenvalue weighted by Crippen LogP contribution is 2.26. The van der Waals surface area contributed by atoms with Crippen LogP contribution in [0.3, 0.4) is 0 Å². The highest BCUT2D eigenvalue weighted by atomic mass is 35.5. The molecule has 0 heterocycles. The lowest BCUT2D eigenvalue weighted by atomic mass is 9.99. The molecule has 12 heavy (non-hydrogen) atoms. The Morgan fingerprint density at radius 1 is 1.50 bits per heavy atom. The van der Waals surface area contributed by atoms with E-state index in [1.807, 2.05) is 13.8 Å². The van der Waals surface area contributed by atoms with Gasteiger partial charge >= 0.3 is 0 Å². The van der Waals surface area contributed by atoms with Crippen molar-refractivity contribution in [2.45, 2.75) is 20.3 Å². The summed E-state index contributed by atoms with van der Waals surface area (Å²) >= 11 is 5.88. The van der Waals surface area contributed by atoms with E-state index in [4.69, 9.17) is 11.6 Å². The summed E-state index contributed by atoms with van der Waals surface area (Å²) in [5.41, 5.74) is 0.819. The number of hydrogen-bond donors (Lipinski definition) is 0. The molecule has 0 saturated carbocycles. The Kier molecular flexibility index (Phi) is 3.10. The van der Waals surface area contributed by atoms with Crippen LogP contribution in [0.5, 0.6) is 0 Å². The molecule has 0 nitrogen and oxygen atoms in total. The number of benzene rings is 1. The van der Waals surface area contributed by atoms with E-state index in [2.05, 4.69) is 0 Å². The smallest absolute Gasteiger partial charge is 0.123 e. The maximum Gasteiger partial charge on any atom is 0.123 e. The molecular formula is C10H11ClF. The Bertz CT molecular complexity index is 271. The Balaban J connectivity index is 3.04. The quantitative estimate of drug-likeness (QED) is 0.657. The molecule has 1 aromatic rings. The van der Waals surface area contributed by atoms with Gasteiger partial charge in [-0.25, -0.2) is 4.39 Å². The number of hydrogen-bond acceptors (Lipinski definition) is 0. The van der Waals surface area contributed by atoms with Crippen LogP contribution in [0.1, 0.15) is 25.8 Å². The predicted molar refractivity (Wildman–Crippen MR) is 49.7 cm³/mol. The van der Waals surface area contributed by atoms with Gasteiger partial charge in [-0.15, -0.1) is 0 Å². The zero-order valence-corrected chi connectivity index (χ0v) is 7.95. The third kappa shape index (κ3) is 1.98. The van der Waals surface area contributed by atoms with Crippen molar-refractivity contribution in [3.63, 3.8) is 0 Å². The largest absolute Gasteiger partial charge is 0.207 e. The van der Waals surface area contributed by atoms with Gasteiger partial charge in [-0.05, 0) is 30.2 Å². The van der Waals surface area contributed by atoms with E-state index in [1.54, 1.807) is 6.07 Å². The zero-order chi connectivity index (χ0) is 9.14. The molecule has 0 bridgehead atoms. The third-order valence-corrected chi connectivity index (χ3v) is 2.25. The van der Waals surface area contributed by atoms with E-state index >= 15 is 0 Å². The van der Waals surface area contributed by atoms with Gasteiger partial charge in [-0.1, -0.05) is 25.4 Å². The summed E-state index contributed by atoms with van der Waals surface area (Å²) in [6.07, 6.45) is 0.892. The first kappa shape index (κ1) is 9.53. The second-order valence-electron chi connectivity index (χ2n) is 2.76. The van der Waals surface area contributed by atoms with Crippen molar-refractivity contribution >= 4 is 11.6 Å². The van der Waals surface area contributed by atoms with Crippen LogP contribution < -0.4 is 0 Å². The lowest BCUT2D eigenvalue weighted by molar-refractivity contribution is 0.626. The minimum Gasteiger partial charge on any atom is -0.207 e. The van der Waals surface area contributed by atoms with Crippen LogP contribution in [0.4, 0.5) is 4.39 Å². The molecule has 0 unspecified atom stereocenters. The fourth-order valence-corrected chi connectivity index (χ4v) is 1.29. The summed E-state index contributed by atoms with van der Waals surface area (Å²) < 4.78 is 12.8. The average molecular weight is 186 g/mol. The van der Waals surface area contributed by atoms with Gasteiger partial charge in [-0.2, -0.15) is 0 Å². The van der Waals surface area contributed by atoms with Crippen molar-refractivity contribution in [1.82, 2.24) is 0 Å². The monoisotopic (exact) mass is 185 g/mol. The molecule has 0 aliphatic heterocycles. The molecule has 1 aromatic carbocycles. The summed E-state index contributed by atoms with van der Waals surface area (Å²) in [4.78, 5) is 0. The summed E-state index contributed by atoms with van der Waals surface area (Å²) in [6.45, 7) is 3.98. The number of halogens is 2. The van der Waals surface area contributed by atoms with Gasteiger partial charge in [0.1, 0.15) is 5.82 Å². The summed E-state index contributed by atoms with van der Waals surface area (Å²) in [7, 11) is 0. The molecule has 1 rings (SSSR count). The fourth-order valence-electron chi connectivity index (χ4n) is 1.01. The summed E-state index contributed by atoms with van der Waals surface area (Å²) in [5, 5.41) is 0.621. The van der Waals surface area contributed by atoms with E-state index in [9.17, 15) is 4.39 Å². The van der Waals surface area contributed by atoms with Gasteiger partial charge in [-0.3, -0.25) is 0 Å². The normalized spacial score (nSPS) is 10.8. The molecule has 0 fully saturated rings. The molecule has 0 aliphatic rings. The van der Waals surface area contributed by atoms with Crippen LogP contribution in [0.25, 0.3) is 0 Å². The van der Waals surface area contributed by atoms with Crippen molar-refractivity contribution < 1.29 is 4.39 Å². The average Bonchev–Trinajstić information content (AvgIpc) is 2.08. The van der Waals surface area contributed by atoms with Crippen LogP contribution in [0, 0.1) is 11.7 Å². The molecule has 2 heteroatoms. The minimum atomic E-state index is -0.234. The van der Waals surface area contributed by atoms with E-state index in [1.165, 1.54) is 12.1 Å². The Morgan fingerprint density at radius 2 is 2.17 bits per heavy atom. The fraction of sp³-hybridized carbons (Fsp3) is 0.300.